The normalized spacial score (nSPS) is 10.3. The van der Waals surface area contributed by atoms with Crippen molar-refractivity contribution < 1.29 is 4.39 Å². The maximum atomic E-state index is 13.2. The highest BCUT2D eigenvalue weighted by molar-refractivity contribution is 9.10. The number of halogens is 2. The Morgan fingerprint density at radius 2 is 1.95 bits per heavy atom. The summed E-state index contributed by atoms with van der Waals surface area (Å²) in [5.41, 5.74) is 8.87. The summed E-state index contributed by atoms with van der Waals surface area (Å²) >= 11 is 8.36. The molecule has 0 aliphatic rings. The minimum Gasteiger partial charge on any atom is -0.389 e. The van der Waals surface area contributed by atoms with Crippen LogP contribution in [0.5, 0.6) is 0 Å². The van der Waals surface area contributed by atoms with Gasteiger partial charge >= 0.3 is 0 Å². The van der Waals surface area contributed by atoms with E-state index in [1.54, 1.807) is 6.07 Å². The predicted molar refractivity (Wildman–Crippen MR) is 84.4 cm³/mol. The molecule has 0 aliphatic heterocycles. The molecule has 0 atom stereocenters. The van der Waals surface area contributed by atoms with E-state index in [1.807, 2.05) is 25.1 Å². The average Bonchev–Trinajstić information content (AvgIpc) is 2.36. The zero-order valence-corrected chi connectivity index (χ0v) is 12.6. The Labute approximate surface area is 124 Å². The lowest BCUT2D eigenvalue weighted by atomic mass is 10.1. The van der Waals surface area contributed by atoms with E-state index >= 15 is 0 Å². The van der Waals surface area contributed by atoms with E-state index in [-0.39, 0.29) is 5.82 Å². The number of anilines is 2. The molecule has 2 aromatic carbocycles. The maximum Gasteiger partial charge on any atom is 0.125 e. The highest BCUT2D eigenvalue weighted by Gasteiger charge is 2.06. The number of thiocarbonyl (C=S) groups is 1. The molecule has 0 radical (unpaired) electrons. The molecule has 2 rings (SSSR count). The van der Waals surface area contributed by atoms with E-state index in [4.69, 9.17) is 18.0 Å². The van der Waals surface area contributed by atoms with Gasteiger partial charge in [-0.2, -0.15) is 0 Å². The van der Waals surface area contributed by atoms with E-state index in [0.29, 0.717) is 4.99 Å². The van der Waals surface area contributed by atoms with Crippen molar-refractivity contribution >= 4 is 44.5 Å². The highest BCUT2D eigenvalue weighted by atomic mass is 79.9. The van der Waals surface area contributed by atoms with Crippen LogP contribution < -0.4 is 11.1 Å². The van der Waals surface area contributed by atoms with Gasteiger partial charge in [-0.05, 0) is 58.7 Å². The van der Waals surface area contributed by atoms with Crippen LogP contribution in [0.4, 0.5) is 15.8 Å². The summed E-state index contributed by atoms with van der Waals surface area (Å²) in [4.78, 5) is 0.342. The third kappa shape index (κ3) is 3.30. The molecule has 3 N–H and O–H groups in total. The van der Waals surface area contributed by atoms with Gasteiger partial charge in [0.25, 0.3) is 0 Å². The number of rotatable bonds is 3. The zero-order chi connectivity index (χ0) is 14.0. The summed E-state index contributed by atoms with van der Waals surface area (Å²) < 4.78 is 14.1. The van der Waals surface area contributed by atoms with Crippen molar-refractivity contribution in [3.8, 4) is 0 Å². The summed E-state index contributed by atoms with van der Waals surface area (Å²) in [6, 6.07) is 10.1. The molecule has 2 aromatic rings. The fourth-order valence-corrected chi connectivity index (χ4v) is 2.25. The highest BCUT2D eigenvalue weighted by Crippen LogP contribution is 2.28. The number of benzene rings is 2. The number of aryl methyl sites for hydroxylation is 1. The van der Waals surface area contributed by atoms with Gasteiger partial charge in [-0.15, -0.1) is 0 Å². The van der Waals surface area contributed by atoms with Gasteiger partial charge in [0.05, 0.1) is 5.69 Å². The number of hydrogen-bond donors (Lipinski definition) is 2. The van der Waals surface area contributed by atoms with Crippen molar-refractivity contribution in [2.45, 2.75) is 6.92 Å². The van der Waals surface area contributed by atoms with Crippen LogP contribution in [0.1, 0.15) is 11.1 Å². The fraction of sp³-hybridized carbons (Fsp3) is 0.0714. The number of nitrogens with one attached hydrogen (secondary N) is 1. The second-order valence-electron chi connectivity index (χ2n) is 4.14. The first kappa shape index (κ1) is 14.0. The van der Waals surface area contributed by atoms with Crippen LogP contribution in [0.3, 0.4) is 0 Å². The molecule has 0 spiro atoms. The Bertz CT molecular complexity index is 643. The first-order valence-corrected chi connectivity index (χ1v) is 6.80. The standard InChI is InChI=1S/C14H12BrFN2S/c1-8-2-4-10(16)7-13(8)18-12-5-3-9(14(17)19)6-11(12)15/h2-7,18H,1H3,(H2,17,19). The third-order valence-corrected chi connectivity index (χ3v) is 3.61. The lowest BCUT2D eigenvalue weighted by Crippen LogP contribution is -2.09. The van der Waals surface area contributed by atoms with Crippen molar-refractivity contribution in [3.63, 3.8) is 0 Å². The molecule has 0 aromatic heterocycles. The van der Waals surface area contributed by atoms with Gasteiger partial charge in [-0.1, -0.05) is 18.3 Å². The summed E-state index contributed by atoms with van der Waals surface area (Å²) in [5, 5.41) is 3.18. The van der Waals surface area contributed by atoms with Gasteiger partial charge in [0.1, 0.15) is 10.8 Å². The van der Waals surface area contributed by atoms with Crippen molar-refractivity contribution in [1.82, 2.24) is 0 Å². The van der Waals surface area contributed by atoms with Gasteiger partial charge in [-0.25, -0.2) is 4.39 Å². The average molecular weight is 339 g/mol. The van der Waals surface area contributed by atoms with Gasteiger partial charge < -0.3 is 11.1 Å². The fourth-order valence-electron chi connectivity index (χ4n) is 1.64. The van der Waals surface area contributed by atoms with Crippen LogP contribution in [0.15, 0.2) is 40.9 Å². The van der Waals surface area contributed by atoms with E-state index in [1.165, 1.54) is 12.1 Å². The number of hydrogen-bond acceptors (Lipinski definition) is 2. The Morgan fingerprint density at radius 3 is 2.58 bits per heavy atom. The second kappa shape index (κ2) is 5.67. The molecule has 0 heterocycles. The van der Waals surface area contributed by atoms with Crippen molar-refractivity contribution in [2.75, 3.05) is 5.32 Å². The lowest BCUT2D eigenvalue weighted by molar-refractivity contribution is 0.628. The van der Waals surface area contributed by atoms with Crippen LogP contribution in [0.25, 0.3) is 0 Å². The van der Waals surface area contributed by atoms with Crippen LogP contribution in [0.2, 0.25) is 0 Å². The van der Waals surface area contributed by atoms with Crippen molar-refractivity contribution in [1.29, 1.82) is 0 Å². The van der Waals surface area contributed by atoms with Gasteiger partial charge in [0, 0.05) is 15.7 Å². The Kier molecular flexibility index (Phi) is 4.17. The molecule has 0 amide bonds. The Morgan fingerprint density at radius 1 is 1.21 bits per heavy atom. The summed E-state index contributed by atoms with van der Waals surface area (Å²) in [7, 11) is 0. The van der Waals surface area contributed by atoms with Gasteiger partial charge in [0.15, 0.2) is 0 Å². The van der Waals surface area contributed by atoms with Crippen LogP contribution >= 0.6 is 28.1 Å². The van der Waals surface area contributed by atoms with Gasteiger partial charge in [-0.3, -0.25) is 0 Å². The maximum absolute atomic E-state index is 13.2. The molecule has 0 saturated heterocycles. The molecule has 0 unspecified atom stereocenters. The smallest absolute Gasteiger partial charge is 0.125 e. The van der Waals surface area contributed by atoms with Crippen LogP contribution in [-0.4, -0.2) is 4.99 Å². The minimum absolute atomic E-state index is 0.274. The van der Waals surface area contributed by atoms with Crippen molar-refractivity contribution in [2.24, 2.45) is 5.73 Å². The third-order valence-electron chi connectivity index (χ3n) is 2.72. The molecule has 0 aliphatic carbocycles. The topological polar surface area (TPSA) is 38.0 Å². The number of nitrogens with two attached hydrogens (primary N) is 1. The predicted octanol–water partition coefficient (Wildman–Crippen LogP) is 4.27. The van der Waals surface area contributed by atoms with Gasteiger partial charge in [0.2, 0.25) is 0 Å². The lowest BCUT2D eigenvalue weighted by Gasteiger charge is -2.12. The molecular weight excluding hydrogens is 327 g/mol. The summed E-state index contributed by atoms with van der Waals surface area (Å²) in [5.74, 6) is -0.274. The molecule has 0 fully saturated rings. The SMILES string of the molecule is Cc1ccc(F)cc1Nc1ccc(C(N)=S)cc1Br. The van der Waals surface area contributed by atoms with E-state index in [0.717, 1.165) is 27.0 Å². The summed E-state index contributed by atoms with van der Waals surface area (Å²) in [6.07, 6.45) is 0. The Balaban J connectivity index is 2.33. The molecule has 0 bridgehead atoms. The molecule has 19 heavy (non-hydrogen) atoms. The molecule has 0 saturated carbocycles. The largest absolute Gasteiger partial charge is 0.389 e. The molecule has 98 valence electrons. The molecule has 5 heteroatoms. The quantitative estimate of drug-likeness (QED) is 0.820. The Hall–Kier alpha value is -1.46. The first-order valence-electron chi connectivity index (χ1n) is 5.60. The van der Waals surface area contributed by atoms with Crippen LogP contribution in [-0.2, 0) is 0 Å². The van der Waals surface area contributed by atoms with E-state index in [2.05, 4.69) is 21.2 Å². The van der Waals surface area contributed by atoms with Crippen molar-refractivity contribution in [3.05, 3.63) is 57.8 Å². The second-order valence-corrected chi connectivity index (χ2v) is 5.44. The van der Waals surface area contributed by atoms with E-state index in [9.17, 15) is 4.39 Å². The van der Waals surface area contributed by atoms with E-state index < -0.39 is 0 Å². The zero-order valence-electron chi connectivity index (χ0n) is 10.2. The molecular formula is C14H12BrFN2S. The first-order chi connectivity index (χ1) is 8.97. The summed E-state index contributed by atoms with van der Waals surface area (Å²) in [6.45, 7) is 1.92. The minimum atomic E-state index is -0.274. The molecule has 2 nitrogen and oxygen atoms in total. The van der Waals surface area contributed by atoms with Crippen LogP contribution in [0, 0.1) is 12.7 Å². The monoisotopic (exact) mass is 338 g/mol.